The standard InChI is InChI=1S/C30H30ClN3O6S2/c1-20-5-12-26(13-6-20)42(38,39)34(24-11-8-22(3)27(31)18-24)19-30(35)32-23-9-14-25(15-10-23)41(36,37)33-28-17-21(2)7-16-29(28)40-4/h5-18,33H,19H2,1-4H3,(H,32,35). The molecule has 42 heavy (non-hydrogen) atoms. The summed E-state index contributed by atoms with van der Waals surface area (Å²) >= 11 is 6.29. The third kappa shape index (κ3) is 7.04. The van der Waals surface area contributed by atoms with E-state index in [0.29, 0.717) is 16.5 Å². The van der Waals surface area contributed by atoms with E-state index in [1.54, 1.807) is 49.4 Å². The molecular formula is C30H30ClN3O6S2. The molecule has 0 unspecified atom stereocenters. The maximum atomic E-state index is 13.6. The Kier molecular flexibility index (Phi) is 9.15. The minimum Gasteiger partial charge on any atom is -0.495 e. The second kappa shape index (κ2) is 12.4. The fraction of sp³-hybridized carbons (Fsp3) is 0.167. The average molecular weight is 628 g/mol. The first kappa shape index (κ1) is 30.9. The second-order valence-corrected chi connectivity index (χ2v) is 13.6. The zero-order valence-corrected chi connectivity index (χ0v) is 25.8. The van der Waals surface area contributed by atoms with Crippen LogP contribution in [0.2, 0.25) is 5.02 Å². The highest BCUT2D eigenvalue weighted by molar-refractivity contribution is 7.93. The predicted octanol–water partition coefficient (Wildman–Crippen LogP) is 5.91. The number of ether oxygens (including phenoxy) is 1. The number of amides is 1. The Morgan fingerprint density at radius 1 is 0.810 bits per heavy atom. The van der Waals surface area contributed by atoms with Gasteiger partial charge in [-0.3, -0.25) is 13.8 Å². The Hall–Kier alpha value is -4.06. The maximum Gasteiger partial charge on any atom is 0.264 e. The lowest BCUT2D eigenvalue weighted by molar-refractivity contribution is -0.114. The first-order valence-electron chi connectivity index (χ1n) is 12.7. The minimum atomic E-state index is -4.14. The molecule has 0 heterocycles. The van der Waals surface area contributed by atoms with Crippen molar-refractivity contribution in [2.75, 3.05) is 28.0 Å². The van der Waals surface area contributed by atoms with Gasteiger partial charge in [0.05, 0.1) is 28.3 Å². The Morgan fingerprint density at radius 3 is 2.05 bits per heavy atom. The number of methoxy groups -OCH3 is 1. The van der Waals surface area contributed by atoms with Crippen molar-refractivity contribution in [3.8, 4) is 5.75 Å². The van der Waals surface area contributed by atoms with Gasteiger partial charge in [-0.25, -0.2) is 16.8 Å². The fourth-order valence-electron chi connectivity index (χ4n) is 4.04. The van der Waals surface area contributed by atoms with Gasteiger partial charge in [-0.1, -0.05) is 41.4 Å². The third-order valence-corrected chi connectivity index (χ3v) is 9.96. The molecule has 4 aromatic carbocycles. The minimum absolute atomic E-state index is 0.0184. The SMILES string of the molecule is COc1ccc(C)cc1NS(=O)(=O)c1ccc(NC(=O)CN(c2ccc(C)c(Cl)c2)S(=O)(=O)c2ccc(C)cc2)cc1. The lowest BCUT2D eigenvalue weighted by atomic mass is 10.2. The van der Waals surface area contributed by atoms with Gasteiger partial charge in [-0.2, -0.15) is 0 Å². The molecule has 1 amide bonds. The number of anilines is 3. The molecule has 4 rings (SSSR count). The van der Waals surface area contributed by atoms with Crippen LogP contribution < -0.4 is 19.1 Å². The number of sulfonamides is 2. The van der Waals surface area contributed by atoms with E-state index in [-0.39, 0.29) is 21.2 Å². The quantitative estimate of drug-likeness (QED) is 0.225. The summed E-state index contributed by atoms with van der Waals surface area (Å²) < 4.78 is 62.0. The summed E-state index contributed by atoms with van der Waals surface area (Å²) in [7, 11) is -6.66. The molecule has 0 aliphatic heterocycles. The Morgan fingerprint density at radius 2 is 1.43 bits per heavy atom. The molecule has 9 nitrogen and oxygen atoms in total. The molecule has 0 aliphatic carbocycles. The molecule has 12 heteroatoms. The van der Waals surface area contributed by atoms with E-state index < -0.39 is 32.5 Å². The van der Waals surface area contributed by atoms with Gasteiger partial charge in [0.2, 0.25) is 5.91 Å². The van der Waals surface area contributed by atoms with Crippen molar-refractivity contribution in [2.45, 2.75) is 30.6 Å². The molecule has 220 valence electrons. The smallest absolute Gasteiger partial charge is 0.264 e. The van der Waals surface area contributed by atoms with Gasteiger partial charge in [-0.05, 0) is 92.6 Å². The molecular weight excluding hydrogens is 598 g/mol. The second-order valence-electron chi connectivity index (χ2n) is 9.64. The third-order valence-electron chi connectivity index (χ3n) is 6.39. The van der Waals surface area contributed by atoms with Gasteiger partial charge in [0.15, 0.2) is 0 Å². The van der Waals surface area contributed by atoms with Crippen molar-refractivity contribution >= 4 is 54.6 Å². The first-order chi connectivity index (χ1) is 19.8. The summed E-state index contributed by atoms with van der Waals surface area (Å²) in [5.41, 5.74) is 3.28. The number of nitrogens with zero attached hydrogens (tertiary/aromatic N) is 1. The van der Waals surface area contributed by atoms with E-state index in [1.165, 1.54) is 49.6 Å². The number of aryl methyl sites for hydroxylation is 3. The summed E-state index contributed by atoms with van der Waals surface area (Å²) in [6, 6.07) is 21.7. The fourth-order valence-corrected chi connectivity index (χ4v) is 6.69. The number of benzene rings is 4. The number of rotatable bonds is 10. The normalized spacial score (nSPS) is 11.5. The molecule has 0 aliphatic rings. The number of halogens is 1. The number of hydrogen-bond acceptors (Lipinski definition) is 6. The van der Waals surface area contributed by atoms with Crippen molar-refractivity contribution in [2.24, 2.45) is 0 Å². The van der Waals surface area contributed by atoms with Crippen LogP contribution in [0.3, 0.4) is 0 Å². The van der Waals surface area contributed by atoms with Gasteiger partial charge in [0.25, 0.3) is 20.0 Å². The Bertz CT molecular complexity index is 1830. The van der Waals surface area contributed by atoms with Crippen LogP contribution in [0.4, 0.5) is 17.1 Å². The zero-order valence-electron chi connectivity index (χ0n) is 23.4. The number of hydrogen-bond donors (Lipinski definition) is 2. The van der Waals surface area contributed by atoms with Gasteiger partial charge >= 0.3 is 0 Å². The molecule has 0 bridgehead atoms. The van der Waals surface area contributed by atoms with Crippen molar-refractivity contribution in [1.82, 2.24) is 0 Å². The largest absolute Gasteiger partial charge is 0.495 e. The lowest BCUT2D eigenvalue weighted by Gasteiger charge is -2.24. The van der Waals surface area contributed by atoms with Crippen LogP contribution in [-0.4, -0.2) is 36.4 Å². The van der Waals surface area contributed by atoms with E-state index in [0.717, 1.165) is 21.0 Å². The van der Waals surface area contributed by atoms with Crippen LogP contribution in [0, 0.1) is 20.8 Å². The van der Waals surface area contributed by atoms with E-state index in [1.807, 2.05) is 13.8 Å². The molecule has 2 N–H and O–H groups in total. The first-order valence-corrected chi connectivity index (χ1v) is 16.0. The van der Waals surface area contributed by atoms with Crippen molar-refractivity contribution < 1.29 is 26.4 Å². The van der Waals surface area contributed by atoms with Crippen LogP contribution in [0.1, 0.15) is 16.7 Å². The highest BCUT2D eigenvalue weighted by atomic mass is 35.5. The highest BCUT2D eigenvalue weighted by Crippen LogP contribution is 2.30. The molecule has 0 saturated heterocycles. The predicted molar refractivity (Wildman–Crippen MR) is 166 cm³/mol. The Balaban J connectivity index is 1.55. The topological polar surface area (TPSA) is 122 Å². The average Bonchev–Trinajstić information content (AvgIpc) is 2.94. The van der Waals surface area contributed by atoms with Crippen LogP contribution in [0.5, 0.6) is 5.75 Å². The van der Waals surface area contributed by atoms with E-state index >= 15 is 0 Å². The maximum absolute atomic E-state index is 13.6. The summed E-state index contributed by atoms with van der Waals surface area (Å²) in [4.78, 5) is 13.1. The number of nitrogens with one attached hydrogen (secondary N) is 2. The van der Waals surface area contributed by atoms with Crippen LogP contribution in [0.15, 0.2) is 94.7 Å². The number of carbonyl (C=O) groups excluding carboxylic acids is 1. The van der Waals surface area contributed by atoms with E-state index in [2.05, 4.69) is 10.0 Å². The highest BCUT2D eigenvalue weighted by Gasteiger charge is 2.28. The Labute approximate surface area is 251 Å². The van der Waals surface area contributed by atoms with Gasteiger partial charge in [0.1, 0.15) is 12.3 Å². The molecule has 0 saturated carbocycles. The van der Waals surface area contributed by atoms with Crippen LogP contribution in [-0.2, 0) is 24.8 Å². The van der Waals surface area contributed by atoms with Gasteiger partial charge in [-0.15, -0.1) is 0 Å². The van der Waals surface area contributed by atoms with Gasteiger partial charge in [0, 0.05) is 10.7 Å². The molecule has 0 spiro atoms. The monoisotopic (exact) mass is 627 g/mol. The van der Waals surface area contributed by atoms with Crippen molar-refractivity contribution in [3.63, 3.8) is 0 Å². The van der Waals surface area contributed by atoms with Crippen LogP contribution >= 0.6 is 11.6 Å². The molecule has 4 aromatic rings. The molecule has 0 radical (unpaired) electrons. The molecule has 0 fully saturated rings. The molecule has 0 aromatic heterocycles. The summed E-state index contributed by atoms with van der Waals surface area (Å²) in [5.74, 6) is -0.270. The summed E-state index contributed by atoms with van der Waals surface area (Å²) in [6.07, 6.45) is 0. The molecule has 0 atom stereocenters. The van der Waals surface area contributed by atoms with E-state index in [9.17, 15) is 21.6 Å². The number of carbonyl (C=O) groups is 1. The zero-order chi connectivity index (χ0) is 30.7. The van der Waals surface area contributed by atoms with Crippen molar-refractivity contribution in [3.05, 3.63) is 107 Å². The van der Waals surface area contributed by atoms with Crippen molar-refractivity contribution in [1.29, 1.82) is 0 Å². The summed E-state index contributed by atoms with van der Waals surface area (Å²) in [5, 5.41) is 2.99. The summed E-state index contributed by atoms with van der Waals surface area (Å²) in [6.45, 7) is 4.90. The van der Waals surface area contributed by atoms with Gasteiger partial charge < -0.3 is 10.1 Å². The lowest BCUT2D eigenvalue weighted by Crippen LogP contribution is -2.38. The van der Waals surface area contributed by atoms with Crippen LogP contribution in [0.25, 0.3) is 0 Å². The van der Waals surface area contributed by atoms with E-state index in [4.69, 9.17) is 16.3 Å².